The SMILES string of the molecule is CC(=O)/C(C)=C\C1=C(C)N=CCC1. The van der Waals surface area contributed by atoms with E-state index in [1.807, 2.05) is 26.1 Å². The van der Waals surface area contributed by atoms with Gasteiger partial charge < -0.3 is 0 Å². The van der Waals surface area contributed by atoms with Crippen LogP contribution in [0.3, 0.4) is 0 Å². The van der Waals surface area contributed by atoms with Gasteiger partial charge in [-0.05, 0) is 44.8 Å². The van der Waals surface area contributed by atoms with E-state index in [-0.39, 0.29) is 5.78 Å². The molecule has 0 aromatic carbocycles. The van der Waals surface area contributed by atoms with Crippen LogP contribution in [0.4, 0.5) is 0 Å². The number of carbonyl (C=O) groups excluding carboxylic acids is 1. The first-order valence-electron chi connectivity index (χ1n) is 4.53. The molecule has 2 nitrogen and oxygen atoms in total. The normalized spacial score (nSPS) is 17.9. The molecule has 0 amide bonds. The van der Waals surface area contributed by atoms with Crippen molar-refractivity contribution in [3.05, 3.63) is 22.9 Å². The Morgan fingerprint density at radius 1 is 1.54 bits per heavy atom. The zero-order chi connectivity index (χ0) is 9.84. The third-order valence-corrected chi connectivity index (χ3v) is 2.24. The predicted molar refractivity (Wildman–Crippen MR) is 54.9 cm³/mol. The molecule has 0 bridgehead atoms. The summed E-state index contributed by atoms with van der Waals surface area (Å²) in [5, 5.41) is 0. The summed E-state index contributed by atoms with van der Waals surface area (Å²) in [6, 6.07) is 0. The Morgan fingerprint density at radius 2 is 2.23 bits per heavy atom. The largest absolute Gasteiger partial charge is 0.295 e. The number of Topliss-reactive ketones (excluding diaryl/α,β-unsaturated/α-hetero) is 1. The van der Waals surface area contributed by atoms with Gasteiger partial charge >= 0.3 is 0 Å². The molecule has 2 heteroatoms. The zero-order valence-corrected chi connectivity index (χ0v) is 8.42. The molecule has 0 N–H and O–H groups in total. The molecule has 0 fully saturated rings. The van der Waals surface area contributed by atoms with Crippen molar-refractivity contribution in [3.63, 3.8) is 0 Å². The first-order valence-corrected chi connectivity index (χ1v) is 4.53. The van der Waals surface area contributed by atoms with Crippen LogP contribution in [0.25, 0.3) is 0 Å². The lowest BCUT2D eigenvalue weighted by Gasteiger charge is -2.08. The highest BCUT2D eigenvalue weighted by Crippen LogP contribution is 2.18. The Kier molecular flexibility index (Phi) is 3.18. The van der Waals surface area contributed by atoms with Crippen LogP contribution in [0, 0.1) is 0 Å². The number of ketones is 1. The monoisotopic (exact) mass is 177 g/mol. The summed E-state index contributed by atoms with van der Waals surface area (Å²) in [5.41, 5.74) is 3.04. The van der Waals surface area contributed by atoms with Gasteiger partial charge in [-0.2, -0.15) is 0 Å². The summed E-state index contributed by atoms with van der Waals surface area (Å²) in [7, 11) is 0. The second kappa shape index (κ2) is 4.17. The second-order valence-corrected chi connectivity index (χ2v) is 3.34. The zero-order valence-electron chi connectivity index (χ0n) is 8.42. The van der Waals surface area contributed by atoms with E-state index in [2.05, 4.69) is 4.99 Å². The maximum absolute atomic E-state index is 11.0. The van der Waals surface area contributed by atoms with Crippen molar-refractivity contribution >= 4 is 12.0 Å². The van der Waals surface area contributed by atoms with Gasteiger partial charge in [-0.25, -0.2) is 0 Å². The average molecular weight is 177 g/mol. The van der Waals surface area contributed by atoms with Crippen molar-refractivity contribution < 1.29 is 4.79 Å². The van der Waals surface area contributed by atoms with E-state index in [9.17, 15) is 4.79 Å². The Labute approximate surface area is 79.1 Å². The molecule has 13 heavy (non-hydrogen) atoms. The maximum Gasteiger partial charge on any atom is 0.155 e. The van der Waals surface area contributed by atoms with Gasteiger partial charge in [0.1, 0.15) is 0 Å². The highest BCUT2D eigenvalue weighted by atomic mass is 16.1. The quantitative estimate of drug-likeness (QED) is 0.596. The Bertz CT molecular complexity index is 308. The molecule has 0 atom stereocenters. The summed E-state index contributed by atoms with van der Waals surface area (Å²) < 4.78 is 0. The molecule has 0 unspecified atom stereocenters. The predicted octanol–water partition coefficient (Wildman–Crippen LogP) is 2.66. The fourth-order valence-corrected chi connectivity index (χ4v) is 1.22. The van der Waals surface area contributed by atoms with Crippen molar-refractivity contribution in [1.29, 1.82) is 0 Å². The first kappa shape index (κ1) is 9.90. The van der Waals surface area contributed by atoms with Crippen LogP contribution in [-0.2, 0) is 4.79 Å². The van der Waals surface area contributed by atoms with Crippen LogP contribution in [0.5, 0.6) is 0 Å². The standard InChI is InChI=1S/C11H15NO/c1-8(10(3)13)7-11-5-4-6-12-9(11)2/h6-7H,4-5H2,1-3H3/b8-7-. The van der Waals surface area contributed by atoms with Crippen LogP contribution in [-0.4, -0.2) is 12.0 Å². The van der Waals surface area contributed by atoms with E-state index in [4.69, 9.17) is 0 Å². The number of aliphatic imine (C=N–C) groups is 1. The molecule has 1 aliphatic rings. The minimum atomic E-state index is 0.134. The van der Waals surface area contributed by atoms with Crippen molar-refractivity contribution in [1.82, 2.24) is 0 Å². The summed E-state index contributed by atoms with van der Waals surface area (Å²) in [6.07, 6.45) is 5.86. The number of allylic oxidation sites excluding steroid dienone is 4. The van der Waals surface area contributed by atoms with Gasteiger partial charge in [-0.1, -0.05) is 6.08 Å². The van der Waals surface area contributed by atoms with Crippen molar-refractivity contribution in [2.45, 2.75) is 33.6 Å². The van der Waals surface area contributed by atoms with Gasteiger partial charge in [0.2, 0.25) is 0 Å². The molecule has 1 heterocycles. The molecule has 0 aliphatic carbocycles. The van der Waals surface area contributed by atoms with Crippen LogP contribution in [0.15, 0.2) is 27.9 Å². The molecule has 0 spiro atoms. The number of hydrogen-bond acceptors (Lipinski definition) is 2. The lowest BCUT2D eigenvalue weighted by Crippen LogP contribution is -1.97. The highest BCUT2D eigenvalue weighted by Gasteiger charge is 2.05. The Morgan fingerprint density at radius 3 is 2.77 bits per heavy atom. The molecule has 0 radical (unpaired) electrons. The molecule has 1 aliphatic heterocycles. The molecule has 0 aromatic rings. The Balaban J connectivity index is 2.89. The minimum Gasteiger partial charge on any atom is -0.295 e. The van der Waals surface area contributed by atoms with E-state index in [0.29, 0.717) is 0 Å². The number of nitrogens with zero attached hydrogens (tertiary/aromatic N) is 1. The molecular weight excluding hydrogens is 162 g/mol. The molecule has 70 valence electrons. The van der Waals surface area contributed by atoms with Gasteiger partial charge in [0.25, 0.3) is 0 Å². The van der Waals surface area contributed by atoms with Crippen molar-refractivity contribution in [2.24, 2.45) is 4.99 Å². The first-order chi connectivity index (χ1) is 6.11. The molecule has 1 rings (SSSR count). The van der Waals surface area contributed by atoms with Gasteiger partial charge in [0, 0.05) is 11.9 Å². The Hall–Kier alpha value is -1.18. The lowest BCUT2D eigenvalue weighted by atomic mass is 10.0. The van der Waals surface area contributed by atoms with E-state index < -0.39 is 0 Å². The minimum absolute atomic E-state index is 0.134. The van der Waals surface area contributed by atoms with Gasteiger partial charge in [-0.3, -0.25) is 9.79 Å². The smallest absolute Gasteiger partial charge is 0.155 e. The van der Waals surface area contributed by atoms with Crippen LogP contribution >= 0.6 is 0 Å². The fraction of sp³-hybridized carbons (Fsp3) is 0.455. The topological polar surface area (TPSA) is 29.4 Å². The highest BCUT2D eigenvalue weighted by molar-refractivity contribution is 5.93. The summed E-state index contributed by atoms with van der Waals surface area (Å²) in [5.74, 6) is 0.134. The summed E-state index contributed by atoms with van der Waals surface area (Å²) in [4.78, 5) is 15.2. The molecule has 0 saturated heterocycles. The maximum atomic E-state index is 11.0. The van der Waals surface area contributed by atoms with Crippen LogP contribution in [0.1, 0.15) is 33.6 Å². The lowest BCUT2D eigenvalue weighted by molar-refractivity contribution is -0.113. The third kappa shape index (κ3) is 2.65. The van der Waals surface area contributed by atoms with Crippen LogP contribution in [0.2, 0.25) is 0 Å². The van der Waals surface area contributed by atoms with Crippen LogP contribution < -0.4 is 0 Å². The van der Waals surface area contributed by atoms with Gasteiger partial charge in [0.05, 0.1) is 0 Å². The van der Waals surface area contributed by atoms with E-state index in [0.717, 1.165) is 24.1 Å². The van der Waals surface area contributed by atoms with E-state index >= 15 is 0 Å². The van der Waals surface area contributed by atoms with Crippen molar-refractivity contribution in [2.75, 3.05) is 0 Å². The summed E-state index contributed by atoms with van der Waals surface area (Å²) >= 11 is 0. The van der Waals surface area contributed by atoms with Gasteiger partial charge in [-0.15, -0.1) is 0 Å². The molecule has 0 saturated carbocycles. The molecular formula is C11H15NO. The second-order valence-electron chi connectivity index (χ2n) is 3.34. The van der Waals surface area contributed by atoms with Crippen molar-refractivity contribution in [3.8, 4) is 0 Å². The number of carbonyl (C=O) groups is 1. The molecule has 0 aromatic heterocycles. The number of rotatable bonds is 2. The van der Waals surface area contributed by atoms with E-state index in [1.165, 1.54) is 5.57 Å². The van der Waals surface area contributed by atoms with Gasteiger partial charge in [0.15, 0.2) is 5.78 Å². The fourth-order valence-electron chi connectivity index (χ4n) is 1.22. The average Bonchev–Trinajstić information content (AvgIpc) is 2.08. The summed E-state index contributed by atoms with van der Waals surface area (Å²) in [6.45, 7) is 5.42. The van der Waals surface area contributed by atoms with E-state index in [1.54, 1.807) is 6.92 Å². The third-order valence-electron chi connectivity index (χ3n) is 2.24. The number of hydrogen-bond donors (Lipinski definition) is 0.